The predicted molar refractivity (Wildman–Crippen MR) is 106 cm³/mol. The number of hydrogen-bond donors (Lipinski definition) is 1. The van der Waals surface area contributed by atoms with Crippen LogP contribution >= 0.6 is 0 Å². The van der Waals surface area contributed by atoms with Crippen molar-refractivity contribution in [3.63, 3.8) is 0 Å². The summed E-state index contributed by atoms with van der Waals surface area (Å²) < 4.78 is 85.7. The van der Waals surface area contributed by atoms with Crippen molar-refractivity contribution in [2.24, 2.45) is 0 Å². The molecule has 164 valence electrons. The van der Waals surface area contributed by atoms with Gasteiger partial charge in [0.2, 0.25) is 0 Å². The van der Waals surface area contributed by atoms with E-state index in [0.717, 1.165) is 4.41 Å². The first kappa shape index (κ1) is 22.3. The average Bonchev–Trinajstić information content (AvgIpc) is 3.19. The molecule has 1 N–H and O–H groups in total. The van der Waals surface area contributed by atoms with E-state index in [4.69, 9.17) is 9.47 Å². The van der Waals surface area contributed by atoms with Gasteiger partial charge in [-0.15, -0.1) is 4.41 Å². The molecule has 2 atom stereocenters. The molecule has 2 saturated heterocycles. The molecule has 0 unspecified atom stereocenters. The normalized spacial score (nSPS) is 25.9. The Morgan fingerprint density at radius 2 is 1.66 bits per heavy atom. The minimum Gasteiger partial charge on any atom is -0.497 e. The first-order valence-electron chi connectivity index (χ1n) is 8.91. The maximum atomic E-state index is 13.5. The minimum absolute atomic E-state index is 0.0380. The van der Waals surface area contributed by atoms with Crippen molar-refractivity contribution < 1.29 is 34.7 Å². The molecule has 0 bridgehead atoms. The largest absolute Gasteiger partial charge is 0.497 e. The lowest BCUT2D eigenvalue weighted by Gasteiger charge is -2.30. The highest BCUT2D eigenvalue weighted by Crippen LogP contribution is 2.33. The Hall–Kier alpha value is -1.41. The van der Waals surface area contributed by atoms with Gasteiger partial charge in [0.1, 0.15) is 16.4 Å². The Morgan fingerprint density at radius 1 is 1.00 bits per heavy atom. The van der Waals surface area contributed by atoms with Crippen LogP contribution in [0.2, 0.25) is 0 Å². The predicted octanol–water partition coefficient (Wildman–Crippen LogP) is -0.427. The van der Waals surface area contributed by atoms with Crippen LogP contribution in [0.25, 0.3) is 0 Å². The van der Waals surface area contributed by atoms with E-state index in [2.05, 4.69) is 5.43 Å². The molecule has 1 aromatic carbocycles. The SMILES string of the molecule is COc1ccc(S(=O)(=O)N(N[C@@H]2CCS(=O)(=O)C2)[C@@H]2CCS(=O)(=O)C2)c(OC)c1. The monoisotopic (exact) mass is 468 g/mol. The summed E-state index contributed by atoms with van der Waals surface area (Å²) in [6.45, 7) is 0. The van der Waals surface area contributed by atoms with Gasteiger partial charge in [0.15, 0.2) is 19.7 Å². The number of hydrazine groups is 1. The van der Waals surface area contributed by atoms with Crippen molar-refractivity contribution in [2.75, 3.05) is 37.2 Å². The topological polar surface area (TPSA) is 136 Å². The van der Waals surface area contributed by atoms with Crippen LogP contribution in [0.1, 0.15) is 12.8 Å². The van der Waals surface area contributed by atoms with E-state index < -0.39 is 41.8 Å². The molecular weight excluding hydrogens is 444 g/mol. The third kappa shape index (κ3) is 4.85. The maximum absolute atomic E-state index is 13.5. The zero-order valence-electron chi connectivity index (χ0n) is 16.1. The molecule has 0 aliphatic carbocycles. The van der Waals surface area contributed by atoms with Crippen LogP contribution in [-0.4, -0.2) is 79.0 Å². The molecule has 3 rings (SSSR count). The van der Waals surface area contributed by atoms with Gasteiger partial charge in [0.05, 0.1) is 43.3 Å². The molecule has 2 heterocycles. The van der Waals surface area contributed by atoms with Crippen molar-refractivity contribution in [3.8, 4) is 11.5 Å². The Bertz CT molecular complexity index is 1080. The van der Waals surface area contributed by atoms with Crippen LogP contribution in [0.5, 0.6) is 11.5 Å². The number of nitrogens with zero attached hydrogens (tertiary/aromatic N) is 1. The van der Waals surface area contributed by atoms with Crippen LogP contribution in [0, 0.1) is 0 Å². The van der Waals surface area contributed by atoms with Crippen molar-refractivity contribution in [2.45, 2.75) is 29.8 Å². The summed E-state index contributed by atoms with van der Waals surface area (Å²) >= 11 is 0. The number of methoxy groups -OCH3 is 2. The maximum Gasteiger partial charge on any atom is 0.259 e. The molecule has 2 aliphatic heterocycles. The van der Waals surface area contributed by atoms with E-state index in [1.54, 1.807) is 0 Å². The molecule has 2 fully saturated rings. The second-order valence-corrected chi connectivity index (χ2v) is 13.3. The third-order valence-corrected chi connectivity index (χ3v) is 10.3. The van der Waals surface area contributed by atoms with Gasteiger partial charge >= 0.3 is 0 Å². The molecule has 0 spiro atoms. The number of hydrogen-bond acceptors (Lipinski definition) is 9. The summed E-state index contributed by atoms with van der Waals surface area (Å²) in [4.78, 5) is -0.168. The molecule has 0 aromatic heterocycles. The Kier molecular flexibility index (Phi) is 6.16. The van der Waals surface area contributed by atoms with Crippen molar-refractivity contribution in [3.05, 3.63) is 18.2 Å². The smallest absolute Gasteiger partial charge is 0.259 e. The van der Waals surface area contributed by atoms with Crippen LogP contribution in [0.4, 0.5) is 0 Å². The van der Waals surface area contributed by atoms with Crippen LogP contribution in [-0.2, 0) is 29.7 Å². The van der Waals surface area contributed by atoms with Gasteiger partial charge in [-0.3, -0.25) is 0 Å². The van der Waals surface area contributed by atoms with Gasteiger partial charge < -0.3 is 9.47 Å². The van der Waals surface area contributed by atoms with Gasteiger partial charge in [-0.2, -0.15) is 0 Å². The summed E-state index contributed by atoms with van der Waals surface area (Å²) in [7, 11) is -8.14. The Labute approximate surface area is 171 Å². The molecule has 10 nitrogen and oxygen atoms in total. The van der Waals surface area contributed by atoms with Crippen molar-refractivity contribution in [1.29, 1.82) is 0 Å². The fourth-order valence-corrected chi connectivity index (χ4v) is 8.67. The molecular formula is C16H24N2O8S3. The van der Waals surface area contributed by atoms with Crippen LogP contribution in [0.15, 0.2) is 23.1 Å². The first-order valence-corrected chi connectivity index (χ1v) is 14.0. The molecule has 0 amide bonds. The molecule has 0 radical (unpaired) electrons. The van der Waals surface area contributed by atoms with Gasteiger partial charge in [-0.25, -0.2) is 30.7 Å². The Morgan fingerprint density at radius 3 is 2.17 bits per heavy atom. The van der Waals surface area contributed by atoms with Gasteiger partial charge in [0.25, 0.3) is 10.0 Å². The van der Waals surface area contributed by atoms with E-state index >= 15 is 0 Å². The minimum atomic E-state index is -4.24. The quantitative estimate of drug-likeness (QED) is 0.529. The third-order valence-electron chi connectivity index (χ3n) is 4.99. The number of sulfone groups is 2. The first-order chi connectivity index (χ1) is 13.5. The summed E-state index contributed by atoms with van der Waals surface area (Å²) in [5.74, 6) is -0.293. The lowest BCUT2D eigenvalue weighted by atomic mass is 10.2. The standard InChI is InChI=1S/C16H24N2O8S3/c1-25-14-3-4-16(15(9-14)26-2)29(23,24)18(13-6-8-28(21,22)11-13)17-12-5-7-27(19,20)10-12/h3-4,9,12-13,17H,5-8,10-11H2,1-2H3/t12-,13-/m1/s1. The van der Waals surface area contributed by atoms with Crippen molar-refractivity contribution >= 4 is 29.7 Å². The van der Waals surface area contributed by atoms with E-state index in [1.165, 1.54) is 32.4 Å². The lowest BCUT2D eigenvalue weighted by molar-refractivity contribution is 0.228. The van der Waals surface area contributed by atoms with Crippen LogP contribution < -0.4 is 14.9 Å². The highest BCUT2D eigenvalue weighted by atomic mass is 32.2. The second-order valence-electron chi connectivity index (χ2n) is 7.10. The zero-order chi connectivity index (χ0) is 21.4. The fourth-order valence-electron chi connectivity index (χ4n) is 3.50. The van der Waals surface area contributed by atoms with Crippen molar-refractivity contribution in [1.82, 2.24) is 9.84 Å². The lowest BCUT2D eigenvalue weighted by Crippen LogP contribution is -2.54. The van der Waals surface area contributed by atoms with E-state index in [1.807, 2.05) is 0 Å². The number of rotatable bonds is 7. The van der Waals surface area contributed by atoms with Gasteiger partial charge in [-0.1, -0.05) is 0 Å². The summed E-state index contributed by atoms with van der Waals surface area (Å²) in [5.41, 5.74) is 2.78. The average molecular weight is 469 g/mol. The number of benzene rings is 1. The molecule has 13 heteroatoms. The van der Waals surface area contributed by atoms with Gasteiger partial charge in [0, 0.05) is 12.1 Å². The fraction of sp³-hybridized carbons (Fsp3) is 0.625. The summed E-state index contributed by atoms with van der Waals surface area (Å²) in [6, 6.07) is 2.72. The Balaban J connectivity index is 2.00. The number of sulfonamides is 1. The highest BCUT2D eigenvalue weighted by Gasteiger charge is 2.42. The van der Waals surface area contributed by atoms with E-state index in [9.17, 15) is 25.3 Å². The molecule has 0 saturated carbocycles. The number of ether oxygens (including phenoxy) is 2. The molecule has 2 aliphatic rings. The highest BCUT2D eigenvalue weighted by molar-refractivity contribution is 7.92. The second kappa shape index (κ2) is 8.02. The van der Waals surface area contributed by atoms with Gasteiger partial charge in [-0.05, 0) is 25.0 Å². The van der Waals surface area contributed by atoms with E-state index in [0.29, 0.717) is 5.75 Å². The zero-order valence-corrected chi connectivity index (χ0v) is 18.5. The number of nitrogens with one attached hydrogen (secondary N) is 1. The molecule has 29 heavy (non-hydrogen) atoms. The van der Waals surface area contributed by atoms with Crippen LogP contribution in [0.3, 0.4) is 0 Å². The van der Waals surface area contributed by atoms with E-state index in [-0.39, 0.29) is 46.5 Å². The summed E-state index contributed by atoms with van der Waals surface area (Å²) in [5, 5.41) is 0. The summed E-state index contributed by atoms with van der Waals surface area (Å²) in [6.07, 6.45) is 0.361. The molecule has 1 aromatic rings.